The number of likely N-dealkylation sites (tertiary alicyclic amines) is 1. The number of hydrogen-bond donors (Lipinski definition) is 0. The van der Waals surface area contributed by atoms with Gasteiger partial charge in [-0.3, -0.25) is 9.69 Å². The van der Waals surface area contributed by atoms with E-state index in [1.54, 1.807) is 0 Å². The van der Waals surface area contributed by atoms with Gasteiger partial charge in [-0.25, -0.2) is 4.39 Å². The monoisotopic (exact) mass is 373 g/mol. The summed E-state index contributed by atoms with van der Waals surface area (Å²) >= 11 is 0. The van der Waals surface area contributed by atoms with E-state index in [-0.39, 0.29) is 5.82 Å². The molecule has 148 valence electrons. The van der Waals surface area contributed by atoms with Crippen molar-refractivity contribution in [3.8, 4) is 0 Å². The lowest BCUT2D eigenvalue weighted by Gasteiger charge is -2.44. The first-order valence-electron chi connectivity index (χ1n) is 10.7. The van der Waals surface area contributed by atoms with Crippen LogP contribution in [0, 0.1) is 11.7 Å². The number of carbonyl (C=O) groups is 1. The number of halogens is 1. The van der Waals surface area contributed by atoms with Crippen LogP contribution in [0.15, 0.2) is 24.3 Å². The number of rotatable bonds is 4. The SMILES string of the molecule is O=C(CC1CCCC1)N1CCC[C@@H](N2CCN(c3ccc(F)cc3)CC2)C1. The van der Waals surface area contributed by atoms with E-state index >= 15 is 0 Å². The van der Waals surface area contributed by atoms with E-state index in [1.807, 2.05) is 12.1 Å². The fourth-order valence-corrected chi connectivity index (χ4v) is 5.07. The Morgan fingerprint density at radius 1 is 0.926 bits per heavy atom. The molecule has 1 aliphatic carbocycles. The number of anilines is 1. The summed E-state index contributed by atoms with van der Waals surface area (Å²) in [5.74, 6) is 0.843. The van der Waals surface area contributed by atoms with Gasteiger partial charge >= 0.3 is 0 Å². The average molecular weight is 374 g/mol. The molecule has 0 bridgehead atoms. The van der Waals surface area contributed by atoms with E-state index in [4.69, 9.17) is 0 Å². The third-order valence-electron chi connectivity index (χ3n) is 6.71. The summed E-state index contributed by atoms with van der Waals surface area (Å²) in [7, 11) is 0. The predicted octanol–water partition coefficient (Wildman–Crippen LogP) is 3.52. The van der Waals surface area contributed by atoms with E-state index in [2.05, 4.69) is 14.7 Å². The number of piperidine rings is 1. The molecule has 0 unspecified atom stereocenters. The van der Waals surface area contributed by atoms with Crippen molar-refractivity contribution >= 4 is 11.6 Å². The van der Waals surface area contributed by atoms with Crippen LogP contribution in [-0.2, 0) is 4.79 Å². The molecule has 4 nitrogen and oxygen atoms in total. The lowest BCUT2D eigenvalue weighted by Crippen LogP contribution is -2.56. The molecule has 4 rings (SSSR count). The highest BCUT2D eigenvalue weighted by Crippen LogP contribution is 2.29. The van der Waals surface area contributed by atoms with Gasteiger partial charge in [-0.1, -0.05) is 12.8 Å². The van der Waals surface area contributed by atoms with Crippen LogP contribution in [0.4, 0.5) is 10.1 Å². The topological polar surface area (TPSA) is 26.8 Å². The second kappa shape index (κ2) is 8.59. The van der Waals surface area contributed by atoms with Crippen LogP contribution in [0.2, 0.25) is 0 Å². The first kappa shape index (κ1) is 18.7. The lowest BCUT2D eigenvalue weighted by atomic mass is 9.99. The molecule has 1 amide bonds. The Kier molecular flexibility index (Phi) is 5.96. The highest BCUT2D eigenvalue weighted by Gasteiger charge is 2.31. The van der Waals surface area contributed by atoms with Crippen molar-refractivity contribution in [3.63, 3.8) is 0 Å². The van der Waals surface area contributed by atoms with E-state index < -0.39 is 0 Å². The molecule has 2 heterocycles. The molecule has 5 heteroatoms. The van der Waals surface area contributed by atoms with Crippen molar-refractivity contribution in [3.05, 3.63) is 30.1 Å². The second-order valence-corrected chi connectivity index (χ2v) is 8.49. The Labute approximate surface area is 162 Å². The third-order valence-corrected chi connectivity index (χ3v) is 6.71. The fourth-order valence-electron chi connectivity index (χ4n) is 5.07. The molecule has 0 aromatic heterocycles. The van der Waals surface area contributed by atoms with Gasteiger partial charge in [0.05, 0.1) is 0 Å². The van der Waals surface area contributed by atoms with Crippen molar-refractivity contribution in [1.29, 1.82) is 0 Å². The highest BCUT2D eigenvalue weighted by atomic mass is 19.1. The zero-order valence-electron chi connectivity index (χ0n) is 16.3. The van der Waals surface area contributed by atoms with Crippen LogP contribution in [0.3, 0.4) is 0 Å². The Bertz CT molecular complexity index is 621. The molecular weight excluding hydrogens is 341 g/mol. The Balaban J connectivity index is 1.27. The Morgan fingerprint density at radius 3 is 2.33 bits per heavy atom. The Hall–Kier alpha value is -1.62. The van der Waals surface area contributed by atoms with Gasteiger partial charge in [0, 0.05) is 57.4 Å². The molecule has 0 N–H and O–H groups in total. The second-order valence-electron chi connectivity index (χ2n) is 8.49. The molecule has 3 aliphatic rings. The van der Waals surface area contributed by atoms with Crippen LogP contribution in [0.25, 0.3) is 0 Å². The first-order chi connectivity index (χ1) is 13.2. The standard InChI is InChI=1S/C22H32FN3O/c23-19-7-9-20(10-8-19)24-12-14-25(15-13-24)21-6-3-11-26(17-21)22(27)16-18-4-1-2-5-18/h7-10,18,21H,1-6,11-17H2/t21-/m1/s1. The van der Waals surface area contributed by atoms with Crippen molar-refractivity contribution in [1.82, 2.24) is 9.80 Å². The fraction of sp³-hybridized carbons (Fsp3) is 0.682. The van der Waals surface area contributed by atoms with Crippen molar-refractivity contribution in [2.45, 2.75) is 51.0 Å². The number of carbonyl (C=O) groups excluding carboxylic acids is 1. The number of piperazine rings is 1. The maximum absolute atomic E-state index is 13.1. The number of nitrogens with zero attached hydrogens (tertiary/aromatic N) is 3. The van der Waals surface area contributed by atoms with Gasteiger partial charge in [0.15, 0.2) is 0 Å². The van der Waals surface area contributed by atoms with Gasteiger partial charge in [-0.2, -0.15) is 0 Å². The zero-order valence-corrected chi connectivity index (χ0v) is 16.3. The summed E-state index contributed by atoms with van der Waals surface area (Å²) in [5, 5.41) is 0. The molecule has 1 saturated carbocycles. The third kappa shape index (κ3) is 4.63. The summed E-state index contributed by atoms with van der Waals surface area (Å²) in [4.78, 5) is 19.8. The number of amides is 1. The van der Waals surface area contributed by atoms with Gasteiger partial charge in [0.1, 0.15) is 5.82 Å². The molecular formula is C22H32FN3O. The van der Waals surface area contributed by atoms with Crippen LogP contribution in [-0.4, -0.2) is 61.0 Å². The largest absolute Gasteiger partial charge is 0.369 e. The molecule has 0 spiro atoms. The highest BCUT2D eigenvalue weighted by molar-refractivity contribution is 5.76. The molecule has 3 fully saturated rings. The van der Waals surface area contributed by atoms with E-state index in [0.717, 1.165) is 57.8 Å². The van der Waals surface area contributed by atoms with Gasteiger partial charge in [0.2, 0.25) is 5.91 Å². The summed E-state index contributed by atoms with van der Waals surface area (Å²) in [6, 6.07) is 7.32. The van der Waals surface area contributed by atoms with Crippen molar-refractivity contribution in [2.75, 3.05) is 44.2 Å². The molecule has 1 aromatic rings. The van der Waals surface area contributed by atoms with Crippen LogP contribution in [0.5, 0.6) is 0 Å². The summed E-state index contributed by atoms with van der Waals surface area (Å²) in [5.41, 5.74) is 1.10. The van der Waals surface area contributed by atoms with E-state index in [0.29, 0.717) is 17.9 Å². The molecule has 1 aromatic carbocycles. The predicted molar refractivity (Wildman–Crippen MR) is 106 cm³/mol. The average Bonchev–Trinajstić information content (AvgIpc) is 3.22. The van der Waals surface area contributed by atoms with Crippen LogP contribution >= 0.6 is 0 Å². The van der Waals surface area contributed by atoms with Crippen LogP contribution in [0.1, 0.15) is 44.9 Å². The smallest absolute Gasteiger partial charge is 0.222 e. The quantitative estimate of drug-likeness (QED) is 0.808. The molecule has 2 saturated heterocycles. The first-order valence-corrected chi connectivity index (χ1v) is 10.7. The molecule has 2 aliphatic heterocycles. The number of benzene rings is 1. The summed E-state index contributed by atoms with van der Waals surface area (Å²) in [6.07, 6.45) is 8.19. The minimum absolute atomic E-state index is 0.179. The van der Waals surface area contributed by atoms with Gasteiger partial charge < -0.3 is 9.80 Å². The van der Waals surface area contributed by atoms with Gasteiger partial charge in [0.25, 0.3) is 0 Å². The lowest BCUT2D eigenvalue weighted by molar-refractivity contribution is -0.134. The summed E-state index contributed by atoms with van der Waals surface area (Å²) in [6.45, 7) is 5.83. The van der Waals surface area contributed by atoms with Gasteiger partial charge in [-0.05, 0) is 55.9 Å². The number of hydrogen-bond acceptors (Lipinski definition) is 3. The molecule has 27 heavy (non-hydrogen) atoms. The zero-order chi connectivity index (χ0) is 18.6. The minimum atomic E-state index is -0.179. The molecule has 1 atom stereocenters. The van der Waals surface area contributed by atoms with Crippen molar-refractivity contribution in [2.24, 2.45) is 5.92 Å². The maximum Gasteiger partial charge on any atom is 0.222 e. The normalized spacial score (nSPS) is 25.1. The van der Waals surface area contributed by atoms with E-state index in [9.17, 15) is 9.18 Å². The van der Waals surface area contributed by atoms with Crippen LogP contribution < -0.4 is 4.90 Å². The van der Waals surface area contributed by atoms with Crippen molar-refractivity contribution < 1.29 is 9.18 Å². The van der Waals surface area contributed by atoms with Gasteiger partial charge in [-0.15, -0.1) is 0 Å². The molecule has 0 radical (unpaired) electrons. The Morgan fingerprint density at radius 2 is 1.63 bits per heavy atom. The summed E-state index contributed by atoms with van der Waals surface area (Å²) < 4.78 is 13.1. The minimum Gasteiger partial charge on any atom is -0.369 e. The maximum atomic E-state index is 13.1. The van der Waals surface area contributed by atoms with E-state index in [1.165, 1.54) is 44.2 Å².